The van der Waals surface area contributed by atoms with Gasteiger partial charge in [0, 0.05) is 6.54 Å². The number of nitrogen functional groups attached to an aromatic ring is 1. The Balaban J connectivity index is 2.94. The second-order valence-electron chi connectivity index (χ2n) is 4.62. The van der Waals surface area contributed by atoms with Gasteiger partial charge in [-0.2, -0.15) is 0 Å². The van der Waals surface area contributed by atoms with Gasteiger partial charge in [-0.3, -0.25) is 4.57 Å². The van der Waals surface area contributed by atoms with Crippen LogP contribution in [0.5, 0.6) is 0 Å². The Hall–Kier alpha value is -0.840. The van der Waals surface area contributed by atoms with Crippen LogP contribution in [0.25, 0.3) is 0 Å². The van der Waals surface area contributed by atoms with Crippen LogP contribution in [0.15, 0.2) is 0 Å². The van der Waals surface area contributed by atoms with Gasteiger partial charge in [0.1, 0.15) is 0 Å². The Kier molecular flexibility index (Phi) is 2.99. The predicted octanol–water partition coefficient (Wildman–Crippen LogP) is 2.21. The van der Waals surface area contributed by atoms with E-state index in [2.05, 4.69) is 37.9 Å². The fourth-order valence-electron chi connectivity index (χ4n) is 1.07. The second kappa shape index (κ2) is 3.73. The molecule has 0 fully saturated rings. The van der Waals surface area contributed by atoms with Crippen molar-refractivity contribution in [1.82, 2.24) is 14.8 Å². The van der Waals surface area contributed by atoms with Crippen LogP contribution in [0.4, 0.5) is 5.95 Å². The number of anilines is 1. The number of hydrogen-bond acceptors (Lipinski definition) is 3. The number of H-pyrrole nitrogens is 1. The summed E-state index contributed by atoms with van der Waals surface area (Å²) in [4.78, 5) is 0. The highest BCUT2D eigenvalue weighted by atomic mass is 32.1. The minimum Gasteiger partial charge on any atom is -0.368 e. The first-order valence-electron chi connectivity index (χ1n) is 4.75. The molecule has 0 aliphatic heterocycles. The number of aromatic nitrogens is 3. The molecule has 0 aromatic carbocycles. The molecule has 0 saturated heterocycles. The maximum atomic E-state index is 5.70. The SMILES string of the molecule is CC(C)C(C)(C)Cn1c(N)n[nH]c1=S. The largest absolute Gasteiger partial charge is 0.368 e. The molecule has 0 atom stereocenters. The van der Waals surface area contributed by atoms with E-state index in [9.17, 15) is 0 Å². The van der Waals surface area contributed by atoms with Crippen LogP contribution in [0.3, 0.4) is 0 Å². The molecule has 3 N–H and O–H groups in total. The highest BCUT2D eigenvalue weighted by Crippen LogP contribution is 2.28. The van der Waals surface area contributed by atoms with Crippen molar-refractivity contribution in [2.45, 2.75) is 34.2 Å². The molecule has 1 aromatic rings. The first-order chi connectivity index (χ1) is 6.34. The first kappa shape index (κ1) is 11.2. The lowest BCUT2D eigenvalue weighted by molar-refractivity contribution is 0.210. The molecule has 1 heterocycles. The maximum Gasteiger partial charge on any atom is 0.220 e. The molecule has 0 spiro atoms. The number of nitrogens with zero attached hydrogens (tertiary/aromatic N) is 2. The van der Waals surface area contributed by atoms with E-state index in [0.717, 1.165) is 6.54 Å². The average molecular weight is 214 g/mol. The van der Waals surface area contributed by atoms with Gasteiger partial charge in [-0.1, -0.05) is 27.7 Å². The van der Waals surface area contributed by atoms with E-state index in [-0.39, 0.29) is 5.41 Å². The Labute approximate surface area is 89.5 Å². The van der Waals surface area contributed by atoms with Gasteiger partial charge in [-0.05, 0) is 23.6 Å². The summed E-state index contributed by atoms with van der Waals surface area (Å²) < 4.78 is 2.44. The maximum absolute atomic E-state index is 5.70. The smallest absolute Gasteiger partial charge is 0.220 e. The van der Waals surface area contributed by atoms with E-state index >= 15 is 0 Å². The number of aromatic amines is 1. The van der Waals surface area contributed by atoms with Gasteiger partial charge in [0.25, 0.3) is 0 Å². The summed E-state index contributed by atoms with van der Waals surface area (Å²) in [5.41, 5.74) is 5.87. The van der Waals surface area contributed by atoms with Crippen LogP contribution < -0.4 is 5.73 Å². The monoisotopic (exact) mass is 214 g/mol. The van der Waals surface area contributed by atoms with E-state index in [1.807, 2.05) is 4.57 Å². The first-order valence-corrected chi connectivity index (χ1v) is 5.16. The summed E-state index contributed by atoms with van der Waals surface area (Å²) in [7, 11) is 0. The van der Waals surface area contributed by atoms with Crippen molar-refractivity contribution in [2.24, 2.45) is 11.3 Å². The zero-order valence-electron chi connectivity index (χ0n) is 9.16. The van der Waals surface area contributed by atoms with Crippen LogP contribution in [-0.4, -0.2) is 14.8 Å². The van der Waals surface area contributed by atoms with Crippen molar-refractivity contribution < 1.29 is 0 Å². The van der Waals surface area contributed by atoms with Gasteiger partial charge in [-0.25, -0.2) is 5.10 Å². The molecular weight excluding hydrogens is 196 g/mol. The van der Waals surface area contributed by atoms with Crippen molar-refractivity contribution in [3.05, 3.63) is 4.77 Å². The topological polar surface area (TPSA) is 59.6 Å². The third kappa shape index (κ3) is 2.15. The van der Waals surface area contributed by atoms with Gasteiger partial charge in [0.15, 0.2) is 4.77 Å². The molecule has 0 saturated carbocycles. The summed E-state index contributed by atoms with van der Waals surface area (Å²) in [5, 5.41) is 6.57. The van der Waals surface area contributed by atoms with E-state index in [4.69, 9.17) is 18.0 Å². The van der Waals surface area contributed by atoms with Crippen LogP contribution in [0, 0.1) is 16.1 Å². The van der Waals surface area contributed by atoms with Crippen LogP contribution >= 0.6 is 12.2 Å². The normalized spacial score (nSPS) is 12.4. The molecular formula is C9H18N4S. The zero-order valence-corrected chi connectivity index (χ0v) is 9.98. The van der Waals surface area contributed by atoms with Gasteiger partial charge in [0.2, 0.25) is 5.95 Å². The third-order valence-electron chi connectivity index (χ3n) is 2.92. The zero-order chi connectivity index (χ0) is 10.9. The predicted molar refractivity (Wildman–Crippen MR) is 60.4 cm³/mol. The van der Waals surface area contributed by atoms with Crippen LogP contribution in [0.1, 0.15) is 27.7 Å². The van der Waals surface area contributed by atoms with E-state index in [1.165, 1.54) is 0 Å². The number of nitrogens with two attached hydrogens (primary N) is 1. The molecule has 0 unspecified atom stereocenters. The van der Waals surface area contributed by atoms with Gasteiger partial charge < -0.3 is 5.73 Å². The molecule has 0 radical (unpaired) electrons. The van der Waals surface area contributed by atoms with Gasteiger partial charge in [0.05, 0.1) is 0 Å². The quantitative estimate of drug-likeness (QED) is 0.758. The Bertz CT molecular complexity index is 361. The summed E-state index contributed by atoms with van der Waals surface area (Å²) in [6.07, 6.45) is 0. The lowest BCUT2D eigenvalue weighted by atomic mass is 9.81. The fraction of sp³-hybridized carbons (Fsp3) is 0.778. The Morgan fingerprint density at radius 1 is 1.57 bits per heavy atom. The fourth-order valence-corrected chi connectivity index (χ4v) is 1.28. The highest BCUT2D eigenvalue weighted by molar-refractivity contribution is 7.71. The molecule has 0 aliphatic carbocycles. The summed E-state index contributed by atoms with van der Waals surface area (Å²) >= 11 is 5.09. The van der Waals surface area contributed by atoms with Crippen LogP contribution in [0.2, 0.25) is 0 Å². The minimum absolute atomic E-state index is 0.163. The molecule has 80 valence electrons. The third-order valence-corrected chi connectivity index (χ3v) is 3.23. The number of hydrogen-bond donors (Lipinski definition) is 2. The van der Waals surface area contributed by atoms with Crippen molar-refractivity contribution in [3.63, 3.8) is 0 Å². The molecule has 0 aliphatic rings. The number of rotatable bonds is 3. The van der Waals surface area contributed by atoms with Gasteiger partial charge >= 0.3 is 0 Å². The lowest BCUT2D eigenvalue weighted by Gasteiger charge is -2.29. The van der Waals surface area contributed by atoms with Gasteiger partial charge in [-0.15, -0.1) is 5.10 Å². The Morgan fingerprint density at radius 3 is 2.50 bits per heavy atom. The molecule has 14 heavy (non-hydrogen) atoms. The van der Waals surface area contributed by atoms with Crippen molar-refractivity contribution in [3.8, 4) is 0 Å². The second-order valence-corrected chi connectivity index (χ2v) is 5.00. The van der Waals surface area contributed by atoms with E-state index in [0.29, 0.717) is 16.6 Å². The lowest BCUT2D eigenvalue weighted by Crippen LogP contribution is -2.26. The summed E-state index contributed by atoms with van der Waals surface area (Å²) in [6.45, 7) is 9.59. The van der Waals surface area contributed by atoms with E-state index in [1.54, 1.807) is 0 Å². The molecule has 0 bridgehead atoms. The van der Waals surface area contributed by atoms with Crippen molar-refractivity contribution in [1.29, 1.82) is 0 Å². The van der Waals surface area contributed by atoms with Crippen molar-refractivity contribution >= 4 is 18.2 Å². The van der Waals surface area contributed by atoms with Crippen LogP contribution in [-0.2, 0) is 6.54 Å². The summed E-state index contributed by atoms with van der Waals surface area (Å²) in [6, 6.07) is 0. The standard InChI is InChI=1S/C9H18N4S/c1-6(2)9(3,4)5-13-7(10)11-12-8(13)14/h6H,5H2,1-4H3,(H2,10,11)(H,12,14). The molecule has 1 aromatic heterocycles. The summed E-state index contributed by atoms with van der Waals surface area (Å²) in [5.74, 6) is 1.03. The van der Waals surface area contributed by atoms with Crippen molar-refractivity contribution in [2.75, 3.05) is 5.73 Å². The molecule has 5 heteroatoms. The molecule has 4 nitrogen and oxygen atoms in total. The van der Waals surface area contributed by atoms with E-state index < -0.39 is 0 Å². The minimum atomic E-state index is 0.163. The number of nitrogens with one attached hydrogen (secondary N) is 1. The highest BCUT2D eigenvalue weighted by Gasteiger charge is 2.24. The molecule has 1 rings (SSSR count). The molecule has 0 amide bonds. The average Bonchev–Trinajstić information content (AvgIpc) is 2.35. The Morgan fingerprint density at radius 2 is 2.14 bits per heavy atom.